The van der Waals surface area contributed by atoms with Crippen LogP contribution >= 0.6 is 0 Å². The van der Waals surface area contributed by atoms with Crippen LogP contribution in [0.3, 0.4) is 0 Å². The summed E-state index contributed by atoms with van der Waals surface area (Å²) in [6.45, 7) is 5.55. The Hall–Kier alpha value is -1.78. The van der Waals surface area contributed by atoms with Crippen LogP contribution in [0.2, 0.25) is 0 Å². The smallest absolute Gasteiger partial charge is 0.270 e. The molecule has 0 aromatic carbocycles. The summed E-state index contributed by atoms with van der Waals surface area (Å²) in [6, 6.07) is 4.05. The third kappa shape index (κ3) is 3.03. The number of hydrogen-bond donors (Lipinski definition) is 1. The molecule has 0 radical (unpaired) electrons. The highest BCUT2D eigenvalue weighted by atomic mass is 16.2. The van der Waals surface area contributed by atoms with Crippen LogP contribution in [0.1, 0.15) is 43.2 Å². The number of hydrogen-bond acceptors (Lipinski definition) is 2. The first-order valence-electron chi connectivity index (χ1n) is 7.19. The number of aromatic nitrogens is 1. The molecule has 2 heterocycles. The van der Waals surface area contributed by atoms with Gasteiger partial charge in [0.1, 0.15) is 5.69 Å². The van der Waals surface area contributed by atoms with E-state index in [2.05, 4.69) is 19.2 Å². The lowest BCUT2D eigenvalue weighted by atomic mass is 10.0. The van der Waals surface area contributed by atoms with Gasteiger partial charge in [-0.1, -0.05) is 0 Å². The summed E-state index contributed by atoms with van der Waals surface area (Å²) in [5, 5.41) is 2.64. The molecule has 1 aliphatic rings. The summed E-state index contributed by atoms with van der Waals surface area (Å²) in [5.74, 6) is 0.402. The highest BCUT2D eigenvalue weighted by Gasteiger charge is 2.29. The fraction of sp³-hybridized carbons (Fsp3) is 0.600. The molecule has 2 rings (SSSR count). The van der Waals surface area contributed by atoms with Gasteiger partial charge in [-0.3, -0.25) is 9.59 Å². The molecule has 1 atom stereocenters. The zero-order valence-corrected chi connectivity index (χ0v) is 12.4. The summed E-state index contributed by atoms with van der Waals surface area (Å²) in [4.78, 5) is 25.8. The van der Waals surface area contributed by atoms with Crippen molar-refractivity contribution in [1.29, 1.82) is 0 Å². The van der Waals surface area contributed by atoms with Gasteiger partial charge in [0.25, 0.3) is 5.91 Å². The molecule has 5 heteroatoms. The first-order chi connectivity index (χ1) is 9.52. The maximum atomic E-state index is 12.5. The van der Waals surface area contributed by atoms with E-state index in [0.717, 1.165) is 18.7 Å². The van der Waals surface area contributed by atoms with E-state index in [0.29, 0.717) is 13.0 Å². The molecule has 1 aromatic heterocycles. The Bertz CT molecular complexity index is 493. The predicted octanol–water partition coefficient (Wildman–Crippen LogP) is 1.67. The normalized spacial score (nSPS) is 18.6. The molecule has 1 aliphatic heterocycles. The van der Waals surface area contributed by atoms with Crippen molar-refractivity contribution in [3.8, 4) is 0 Å². The minimum atomic E-state index is 0.0508. The van der Waals surface area contributed by atoms with Gasteiger partial charge in [0, 0.05) is 38.8 Å². The number of likely N-dealkylation sites (tertiary alicyclic amines) is 1. The van der Waals surface area contributed by atoms with Gasteiger partial charge in [-0.15, -0.1) is 0 Å². The zero-order valence-electron chi connectivity index (χ0n) is 12.4. The van der Waals surface area contributed by atoms with Crippen molar-refractivity contribution in [2.24, 2.45) is 5.92 Å². The van der Waals surface area contributed by atoms with Crippen LogP contribution in [0, 0.1) is 5.92 Å². The molecule has 1 unspecified atom stereocenters. The number of rotatable bonds is 4. The van der Waals surface area contributed by atoms with E-state index < -0.39 is 0 Å². The molecular weight excluding hydrogens is 254 g/mol. The Morgan fingerprint density at radius 1 is 1.45 bits per heavy atom. The third-order valence-corrected chi connectivity index (χ3v) is 3.88. The summed E-state index contributed by atoms with van der Waals surface area (Å²) in [7, 11) is 1.65. The van der Waals surface area contributed by atoms with Crippen LogP contribution in [0.15, 0.2) is 18.3 Å². The van der Waals surface area contributed by atoms with Gasteiger partial charge in [-0.2, -0.15) is 0 Å². The number of nitrogens with one attached hydrogen (secondary N) is 1. The van der Waals surface area contributed by atoms with Crippen LogP contribution < -0.4 is 5.32 Å². The Balaban J connectivity index is 2.01. The second-order valence-electron chi connectivity index (χ2n) is 5.68. The first-order valence-corrected chi connectivity index (χ1v) is 7.19. The van der Waals surface area contributed by atoms with E-state index >= 15 is 0 Å². The standard InChI is InChI=1S/C15H23N3O2/c1-11(2)18-7-4-5-13(18)15(20)17-8-6-12(10-17)9-14(19)16-3/h4-5,7,11-12H,6,8-10H2,1-3H3,(H,16,19). The topological polar surface area (TPSA) is 54.3 Å². The minimum Gasteiger partial charge on any atom is -0.359 e. The van der Waals surface area contributed by atoms with E-state index in [1.807, 2.05) is 27.8 Å². The Morgan fingerprint density at radius 3 is 2.85 bits per heavy atom. The molecule has 1 saturated heterocycles. The van der Waals surface area contributed by atoms with E-state index in [4.69, 9.17) is 0 Å². The molecule has 2 amide bonds. The van der Waals surface area contributed by atoms with E-state index in [1.165, 1.54) is 0 Å². The van der Waals surface area contributed by atoms with Crippen LogP contribution in [0.4, 0.5) is 0 Å². The Kier molecular flexibility index (Phi) is 4.47. The molecular formula is C15H23N3O2. The second-order valence-corrected chi connectivity index (χ2v) is 5.68. The average molecular weight is 277 g/mol. The van der Waals surface area contributed by atoms with Crippen LogP contribution in [0.5, 0.6) is 0 Å². The maximum Gasteiger partial charge on any atom is 0.270 e. The molecule has 20 heavy (non-hydrogen) atoms. The fourth-order valence-corrected chi connectivity index (χ4v) is 2.74. The highest BCUT2D eigenvalue weighted by Crippen LogP contribution is 2.22. The zero-order chi connectivity index (χ0) is 14.7. The fourth-order valence-electron chi connectivity index (χ4n) is 2.74. The molecule has 1 N–H and O–H groups in total. The van der Waals surface area contributed by atoms with Gasteiger partial charge in [0.2, 0.25) is 5.91 Å². The molecule has 1 aromatic rings. The van der Waals surface area contributed by atoms with Gasteiger partial charge >= 0.3 is 0 Å². The van der Waals surface area contributed by atoms with E-state index in [1.54, 1.807) is 7.05 Å². The van der Waals surface area contributed by atoms with Gasteiger partial charge < -0.3 is 14.8 Å². The molecule has 0 aliphatic carbocycles. The van der Waals surface area contributed by atoms with Crippen LogP contribution in [-0.4, -0.2) is 41.4 Å². The summed E-state index contributed by atoms with van der Waals surface area (Å²) in [6.07, 6.45) is 3.35. The number of amides is 2. The van der Waals surface area contributed by atoms with E-state index in [9.17, 15) is 9.59 Å². The Morgan fingerprint density at radius 2 is 2.20 bits per heavy atom. The van der Waals surface area contributed by atoms with Crippen molar-refractivity contribution >= 4 is 11.8 Å². The van der Waals surface area contributed by atoms with Gasteiger partial charge in [0.15, 0.2) is 0 Å². The summed E-state index contributed by atoms with van der Waals surface area (Å²) in [5.41, 5.74) is 0.737. The SMILES string of the molecule is CNC(=O)CC1CCN(C(=O)c2cccn2C(C)C)C1. The monoisotopic (exact) mass is 277 g/mol. The van der Waals surface area contributed by atoms with E-state index in [-0.39, 0.29) is 23.8 Å². The first kappa shape index (κ1) is 14.6. The van der Waals surface area contributed by atoms with Crippen molar-refractivity contribution < 1.29 is 9.59 Å². The predicted molar refractivity (Wildman–Crippen MR) is 77.5 cm³/mol. The molecule has 110 valence electrons. The highest BCUT2D eigenvalue weighted by molar-refractivity contribution is 5.93. The lowest BCUT2D eigenvalue weighted by Crippen LogP contribution is -2.31. The number of carbonyl (C=O) groups excluding carboxylic acids is 2. The van der Waals surface area contributed by atoms with Gasteiger partial charge in [-0.25, -0.2) is 0 Å². The second kappa shape index (κ2) is 6.11. The lowest BCUT2D eigenvalue weighted by molar-refractivity contribution is -0.121. The van der Waals surface area contributed by atoms with Crippen molar-refractivity contribution in [2.45, 2.75) is 32.7 Å². The summed E-state index contributed by atoms with van der Waals surface area (Å²) < 4.78 is 1.99. The molecule has 1 fully saturated rings. The van der Waals surface area contributed by atoms with Crippen molar-refractivity contribution in [3.05, 3.63) is 24.0 Å². The molecule has 0 saturated carbocycles. The Labute approximate surface area is 119 Å². The lowest BCUT2D eigenvalue weighted by Gasteiger charge is -2.19. The molecule has 0 spiro atoms. The van der Waals surface area contributed by atoms with Crippen molar-refractivity contribution in [3.63, 3.8) is 0 Å². The van der Waals surface area contributed by atoms with Gasteiger partial charge in [0.05, 0.1) is 0 Å². The average Bonchev–Trinajstić information content (AvgIpc) is 3.06. The molecule has 5 nitrogen and oxygen atoms in total. The summed E-state index contributed by atoms with van der Waals surface area (Å²) >= 11 is 0. The molecule has 0 bridgehead atoms. The quantitative estimate of drug-likeness (QED) is 0.910. The number of carbonyl (C=O) groups is 2. The van der Waals surface area contributed by atoms with Crippen molar-refractivity contribution in [1.82, 2.24) is 14.8 Å². The van der Waals surface area contributed by atoms with Crippen molar-refractivity contribution in [2.75, 3.05) is 20.1 Å². The van der Waals surface area contributed by atoms with Gasteiger partial charge in [-0.05, 0) is 38.3 Å². The maximum absolute atomic E-state index is 12.5. The third-order valence-electron chi connectivity index (χ3n) is 3.88. The van der Waals surface area contributed by atoms with Crippen LogP contribution in [-0.2, 0) is 4.79 Å². The largest absolute Gasteiger partial charge is 0.359 e. The minimum absolute atomic E-state index is 0.0508. The van der Waals surface area contributed by atoms with Crippen LogP contribution in [0.25, 0.3) is 0 Å². The number of nitrogens with zero attached hydrogens (tertiary/aromatic N) is 2.